The SMILES string of the molecule is CC(C)(CP(c1ccccc1)c1ccccc1)C(C)(C)CP(c1ccccc1)c1ccccc1. The number of benzene rings is 4. The molecular formula is C32H36P2. The normalized spacial score (nSPS) is 12.3. The van der Waals surface area contributed by atoms with Gasteiger partial charge in [0.05, 0.1) is 0 Å². The molecule has 0 heterocycles. The lowest BCUT2D eigenvalue weighted by atomic mass is 9.70. The maximum Gasteiger partial charge on any atom is -0.0188 e. The van der Waals surface area contributed by atoms with Gasteiger partial charge in [0.25, 0.3) is 0 Å². The van der Waals surface area contributed by atoms with Crippen molar-refractivity contribution in [1.82, 2.24) is 0 Å². The van der Waals surface area contributed by atoms with Crippen molar-refractivity contribution in [3.63, 3.8) is 0 Å². The Morgan fingerprint density at radius 3 is 0.794 bits per heavy atom. The van der Waals surface area contributed by atoms with E-state index in [4.69, 9.17) is 0 Å². The van der Waals surface area contributed by atoms with E-state index in [0.29, 0.717) is 0 Å². The lowest BCUT2D eigenvalue weighted by molar-refractivity contribution is 0.167. The predicted octanol–water partition coefficient (Wildman–Crippen LogP) is 7.30. The zero-order valence-corrected chi connectivity index (χ0v) is 22.6. The van der Waals surface area contributed by atoms with E-state index in [-0.39, 0.29) is 10.8 Å². The molecule has 0 spiro atoms. The highest BCUT2D eigenvalue weighted by molar-refractivity contribution is 7.73. The molecule has 0 bridgehead atoms. The van der Waals surface area contributed by atoms with E-state index in [1.165, 1.54) is 33.5 Å². The molecule has 0 aliphatic heterocycles. The van der Waals surface area contributed by atoms with E-state index >= 15 is 0 Å². The van der Waals surface area contributed by atoms with E-state index < -0.39 is 15.8 Å². The van der Waals surface area contributed by atoms with E-state index in [2.05, 4.69) is 149 Å². The largest absolute Gasteiger partial charge is 0.0622 e. The quantitative estimate of drug-likeness (QED) is 0.220. The van der Waals surface area contributed by atoms with Gasteiger partial charge in [-0.05, 0) is 60.2 Å². The van der Waals surface area contributed by atoms with Gasteiger partial charge >= 0.3 is 0 Å². The predicted molar refractivity (Wildman–Crippen MR) is 155 cm³/mol. The first-order chi connectivity index (χ1) is 16.4. The van der Waals surface area contributed by atoms with Gasteiger partial charge in [-0.25, -0.2) is 0 Å². The molecule has 174 valence electrons. The summed E-state index contributed by atoms with van der Waals surface area (Å²) >= 11 is 0. The molecule has 0 radical (unpaired) electrons. The Balaban J connectivity index is 1.66. The highest BCUT2D eigenvalue weighted by atomic mass is 31.1. The lowest BCUT2D eigenvalue weighted by Gasteiger charge is -2.46. The molecule has 0 aliphatic rings. The summed E-state index contributed by atoms with van der Waals surface area (Å²) in [6.07, 6.45) is 2.35. The lowest BCUT2D eigenvalue weighted by Crippen LogP contribution is -2.40. The molecule has 4 aromatic carbocycles. The Hall–Kier alpha value is -2.26. The summed E-state index contributed by atoms with van der Waals surface area (Å²) in [5, 5.41) is 5.89. The van der Waals surface area contributed by atoms with Crippen molar-refractivity contribution >= 4 is 37.1 Å². The molecular weight excluding hydrogens is 446 g/mol. The number of hydrogen-bond donors (Lipinski definition) is 0. The third-order valence-corrected chi connectivity index (χ3v) is 13.1. The second kappa shape index (κ2) is 11.0. The van der Waals surface area contributed by atoms with Gasteiger partial charge in [-0.3, -0.25) is 0 Å². The van der Waals surface area contributed by atoms with Crippen LogP contribution in [-0.4, -0.2) is 12.3 Å². The van der Waals surface area contributed by atoms with Crippen LogP contribution >= 0.6 is 15.8 Å². The van der Waals surface area contributed by atoms with Gasteiger partial charge in [-0.2, -0.15) is 0 Å². The van der Waals surface area contributed by atoms with Crippen LogP contribution in [0.4, 0.5) is 0 Å². The molecule has 0 saturated heterocycles. The summed E-state index contributed by atoms with van der Waals surface area (Å²) in [5.74, 6) is 0. The topological polar surface area (TPSA) is 0 Å². The van der Waals surface area contributed by atoms with Crippen molar-refractivity contribution in [1.29, 1.82) is 0 Å². The van der Waals surface area contributed by atoms with E-state index in [1.807, 2.05) is 0 Å². The third-order valence-electron chi connectivity index (χ3n) is 7.21. The fourth-order valence-corrected chi connectivity index (χ4v) is 10.2. The maximum atomic E-state index is 2.50. The third kappa shape index (κ3) is 5.86. The molecule has 0 aliphatic carbocycles. The van der Waals surface area contributed by atoms with Crippen molar-refractivity contribution in [3.05, 3.63) is 121 Å². The van der Waals surface area contributed by atoms with Gasteiger partial charge in [-0.15, -0.1) is 0 Å². The van der Waals surface area contributed by atoms with Crippen LogP contribution in [0.2, 0.25) is 0 Å². The van der Waals surface area contributed by atoms with Gasteiger partial charge in [0.1, 0.15) is 0 Å². The van der Waals surface area contributed by atoms with Gasteiger partial charge in [0, 0.05) is 0 Å². The zero-order chi connectivity index (χ0) is 24.0. The molecule has 34 heavy (non-hydrogen) atoms. The average Bonchev–Trinajstić information content (AvgIpc) is 2.88. The van der Waals surface area contributed by atoms with Crippen molar-refractivity contribution < 1.29 is 0 Å². The molecule has 2 heteroatoms. The first kappa shape index (κ1) is 24.9. The second-order valence-electron chi connectivity index (χ2n) is 10.3. The minimum Gasteiger partial charge on any atom is -0.0622 e. The van der Waals surface area contributed by atoms with Gasteiger partial charge in [-0.1, -0.05) is 149 Å². The van der Waals surface area contributed by atoms with Crippen LogP contribution in [0.3, 0.4) is 0 Å². The van der Waals surface area contributed by atoms with Crippen molar-refractivity contribution in [2.24, 2.45) is 10.8 Å². The molecule has 0 atom stereocenters. The van der Waals surface area contributed by atoms with Crippen LogP contribution in [0.5, 0.6) is 0 Å². The standard InChI is InChI=1S/C32H36P2/c1-31(2,25-33(27-17-9-5-10-18-27)28-19-11-6-12-20-28)32(3,4)26-34(29-21-13-7-14-22-29)30-23-15-8-16-24-30/h5-24H,25-26H2,1-4H3. The summed E-state index contributed by atoms with van der Waals surface area (Å²) in [4.78, 5) is 0. The average molecular weight is 483 g/mol. The van der Waals surface area contributed by atoms with Crippen LogP contribution in [0, 0.1) is 10.8 Å². The minimum atomic E-state index is -0.429. The van der Waals surface area contributed by atoms with Gasteiger partial charge < -0.3 is 0 Å². The minimum absolute atomic E-state index is 0.161. The van der Waals surface area contributed by atoms with Crippen LogP contribution in [0.15, 0.2) is 121 Å². The highest BCUT2D eigenvalue weighted by Gasteiger charge is 2.41. The van der Waals surface area contributed by atoms with Crippen molar-refractivity contribution in [2.45, 2.75) is 27.7 Å². The molecule has 0 unspecified atom stereocenters. The Labute approximate surface area is 209 Å². The maximum absolute atomic E-state index is 2.50. The zero-order valence-electron chi connectivity index (χ0n) is 20.9. The van der Waals surface area contributed by atoms with Crippen LogP contribution in [-0.2, 0) is 0 Å². The second-order valence-corrected chi connectivity index (χ2v) is 14.7. The summed E-state index contributed by atoms with van der Waals surface area (Å²) in [5.41, 5.74) is 0.322. The van der Waals surface area contributed by atoms with E-state index in [1.54, 1.807) is 0 Å². The molecule has 4 aromatic rings. The van der Waals surface area contributed by atoms with Crippen molar-refractivity contribution in [3.8, 4) is 0 Å². The summed E-state index contributed by atoms with van der Waals surface area (Å²) < 4.78 is 0. The Kier molecular flexibility index (Phi) is 8.03. The molecule has 0 amide bonds. The number of hydrogen-bond acceptors (Lipinski definition) is 0. The van der Waals surface area contributed by atoms with Crippen LogP contribution in [0.1, 0.15) is 27.7 Å². The van der Waals surface area contributed by atoms with Crippen LogP contribution in [0.25, 0.3) is 0 Å². The molecule has 0 aromatic heterocycles. The first-order valence-electron chi connectivity index (χ1n) is 12.1. The number of rotatable bonds is 9. The van der Waals surface area contributed by atoms with E-state index in [9.17, 15) is 0 Å². The Bertz CT molecular complexity index is 963. The molecule has 0 saturated carbocycles. The summed E-state index contributed by atoms with van der Waals surface area (Å²) in [7, 11) is -0.859. The van der Waals surface area contributed by atoms with Crippen LogP contribution < -0.4 is 21.2 Å². The molecule has 4 rings (SSSR count). The summed E-state index contributed by atoms with van der Waals surface area (Å²) in [6.45, 7) is 9.99. The summed E-state index contributed by atoms with van der Waals surface area (Å²) in [6, 6.07) is 44.6. The Morgan fingerprint density at radius 1 is 0.382 bits per heavy atom. The first-order valence-corrected chi connectivity index (χ1v) is 15.2. The molecule has 0 nitrogen and oxygen atoms in total. The molecule has 0 N–H and O–H groups in total. The molecule has 0 fully saturated rings. The monoisotopic (exact) mass is 482 g/mol. The fraction of sp³-hybridized carbons (Fsp3) is 0.250. The Morgan fingerprint density at radius 2 is 0.588 bits per heavy atom. The smallest absolute Gasteiger partial charge is 0.0188 e. The van der Waals surface area contributed by atoms with Gasteiger partial charge in [0.2, 0.25) is 0 Å². The fourth-order valence-electron chi connectivity index (χ4n) is 4.31. The van der Waals surface area contributed by atoms with Gasteiger partial charge in [0.15, 0.2) is 0 Å². The highest BCUT2D eigenvalue weighted by Crippen LogP contribution is 2.53. The van der Waals surface area contributed by atoms with Crippen molar-refractivity contribution in [2.75, 3.05) is 12.3 Å². The van der Waals surface area contributed by atoms with E-state index in [0.717, 1.165) is 0 Å².